The van der Waals surface area contributed by atoms with E-state index in [0.717, 1.165) is 12.1 Å². The Balaban J connectivity index is 1.92. The Morgan fingerprint density at radius 2 is 2.41 bits per heavy atom. The first-order valence-corrected chi connectivity index (χ1v) is 6.91. The fourth-order valence-electron chi connectivity index (χ4n) is 1.86. The van der Waals surface area contributed by atoms with Gasteiger partial charge in [-0.25, -0.2) is 0 Å². The zero-order valence-electron chi connectivity index (χ0n) is 9.90. The summed E-state index contributed by atoms with van der Waals surface area (Å²) in [4.78, 5) is 11.8. The van der Waals surface area contributed by atoms with Gasteiger partial charge in [-0.2, -0.15) is 11.8 Å². The van der Waals surface area contributed by atoms with Crippen molar-refractivity contribution >= 4 is 17.7 Å². The number of hydrogen-bond donors (Lipinski definition) is 2. The van der Waals surface area contributed by atoms with Gasteiger partial charge in [-0.1, -0.05) is 6.07 Å². The van der Waals surface area contributed by atoms with Gasteiger partial charge in [0.15, 0.2) is 0 Å². The smallest absolute Gasteiger partial charge is 0.251 e. The molecule has 1 aliphatic heterocycles. The van der Waals surface area contributed by atoms with Crippen molar-refractivity contribution in [2.24, 2.45) is 0 Å². The highest BCUT2D eigenvalue weighted by Crippen LogP contribution is 2.25. The van der Waals surface area contributed by atoms with Crippen molar-refractivity contribution in [3.8, 4) is 5.75 Å². The van der Waals surface area contributed by atoms with E-state index in [-0.39, 0.29) is 11.7 Å². The monoisotopic (exact) mass is 251 g/mol. The number of hydrogen-bond acceptors (Lipinski definition) is 3. The van der Waals surface area contributed by atoms with Gasteiger partial charge >= 0.3 is 0 Å². The van der Waals surface area contributed by atoms with E-state index < -0.39 is 0 Å². The van der Waals surface area contributed by atoms with Gasteiger partial charge in [0.05, 0.1) is 0 Å². The maximum Gasteiger partial charge on any atom is 0.251 e. The molecule has 1 aromatic carbocycles. The van der Waals surface area contributed by atoms with Crippen LogP contribution in [0.3, 0.4) is 0 Å². The molecule has 1 atom stereocenters. The van der Waals surface area contributed by atoms with Crippen molar-refractivity contribution in [1.29, 1.82) is 0 Å². The molecule has 0 bridgehead atoms. The molecular weight excluding hydrogens is 234 g/mol. The van der Waals surface area contributed by atoms with Gasteiger partial charge in [0.1, 0.15) is 5.75 Å². The molecule has 0 spiro atoms. The lowest BCUT2D eigenvalue weighted by molar-refractivity contribution is 0.0953. The number of phenolic OH excluding ortho intramolecular Hbond substituents is 1. The molecule has 1 aromatic rings. The number of nitrogens with one attached hydrogen (secondary N) is 1. The van der Waals surface area contributed by atoms with Crippen LogP contribution in [0, 0.1) is 6.92 Å². The number of carbonyl (C=O) groups is 1. The summed E-state index contributed by atoms with van der Waals surface area (Å²) in [5, 5.41) is 13.0. The first-order valence-electron chi connectivity index (χ1n) is 5.86. The number of aromatic hydroxyl groups is 1. The number of benzene rings is 1. The molecule has 1 unspecified atom stereocenters. The van der Waals surface area contributed by atoms with Crippen LogP contribution >= 0.6 is 11.8 Å². The third kappa shape index (κ3) is 3.16. The number of aryl methyl sites for hydroxylation is 1. The summed E-state index contributed by atoms with van der Waals surface area (Å²) in [5.74, 6) is 1.27. The van der Waals surface area contributed by atoms with Crippen molar-refractivity contribution in [3.05, 3.63) is 29.3 Å². The average Bonchev–Trinajstić information content (AvgIpc) is 2.82. The second-order valence-corrected chi connectivity index (χ2v) is 5.75. The second kappa shape index (κ2) is 5.45. The van der Waals surface area contributed by atoms with Crippen molar-refractivity contribution in [2.75, 3.05) is 12.3 Å². The van der Waals surface area contributed by atoms with E-state index in [2.05, 4.69) is 5.32 Å². The molecule has 1 amide bonds. The van der Waals surface area contributed by atoms with E-state index in [0.29, 0.717) is 10.8 Å². The Hall–Kier alpha value is -1.16. The summed E-state index contributed by atoms with van der Waals surface area (Å²) < 4.78 is 0. The Morgan fingerprint density at radius 3 is 3.06 bits per heavy atom. The zero-order chi connectivity index (χ0) is 12.3. The van der Waals surface area contributed by atoms with Crippen LogP contribution in [0.4, 0.5) is 0 Å². The molecule has 2 N–H and O–H groups in total. The van der Waals surface area contributed by atoms with Crippen LogP contribution < -0.4 is 5.32 Å². The normalized spacial score (nSPS) is 19.2. The topological polar surface area (TPSA) is 49.3 Å². The van der Waals surface area contributed by atoms with Gasteiger partial charge in [-0.15, -0.1) is 0 Å². The predicted molar refractivity (Wildman–Crippen MR) is 70.7 cm³/mol. The zero-order valence-corrected chi connectivity index (χ0v) is 10.7. The standard InChI is InChI=1S/C13H17NO2S/c1-9-4-5-10(7-12(9)15)13(16)14-8-11-3-2-6-17-11/h4-5,7,11,15H,2-3,6,8H2,1H3,(H,14,16). The molecule has 2 rings (SSSR count). The van der Waals surface area contributed by atoms with Crippen LogP contribution in [-0.2, 0) is 0 Å². The molecule has 3 nitrogen and oxygen atoms in total. The Labute approximate surface area is 106 Å². The third-order valence-electron chi connectivity index (χ3n) is 2.99. The molecule has 0 aromatic heterocycles. The highest BCUT2D eigenvalue weighted by Gasteiger charge is 2.16. The molecule has 0 radical (unpaired) electrons. The van der Waals surface area contributed by atoms with Crippen LogP contribution in [0.25, 0.3) is 0 Å². The van der Waals surface area contributed by atoms with Gasteiger partial charge in [-0.05, 0) is 43.2 Å². The molecular formula is C13H17NO2S. The minimum atomic E-state index is -0.104. The van der Waals surface area contributed by atoms with Gasteiger partial charge in [-0.3, -0.25) is 4.79 Å². The van der Waals surface area contributed by atoms with Crippen LogP contribution in [0.1, 0.15) is 28.8 Å². The van der Waals surface area contributed by atoms with Crippen LogP contribution in [0.5, 0.6) is 5.75 Å². The predicted octanol–water partition coefficient (Wildman–Crippen LogP) is 2.33. The third-order valence-corrected chi connectivity index (χ3v) is 4.38. The Bertz CT molecular complexity index is 414. The Morgan fingerprint density at radius 1 is 1.59 bits per heavy atom. The lowest BCUT2D eigenvalue weighted by atomic mass is 10.1. The van der Waals surface area contributed by atoms with Crippen LogP contribution in [-0.4, -0.2) is 28.6 Å². The minimum Gasteiger partial charge on any atom is -0.508 e. The summed E-state index contributed by atoms with van der Waals surface area (Å²) in [7, 11) is 0. The van der Waals surface area contributed by atoms with Crippen molar-refractivity contribution in [2.45, 2.75) is 25.0 Å². The van der Waals surface area contributed by atoms with Crippen molar-refractivity contribution in [1.82, 2.24) is 5.32 Å². The van der Waals surface area contributed by atoms with E-state index in [4.69, 9.17) is 0 Å². The maximum atomic E-state index is 11.8. The second-order valence-electron chi connectivity index (χ2n) is 4.35. The molecule has 92 valence electrons. The van der Waals surface area contributed by atoms with Gasteiger partial charge in [0.2, 0.25) is 0 Å². The number of phenols is 1. The summed E-state index contributed by atoms with van der Waals surface area (Å²) >= 11 is 1.92. The van der Waals surface area contributed by atoms with Gasteiger partial charge in [0, 0.05) is 17.4 Å². The van der Waals surface area contributed by atoms with Crippen molar-refractivity contribution < 1.29 is 9.90 Å². The molecule has 1 aliphatic rings. The first kappa shape index (κ1) is 12.3. The number of carbonyl (C=O) groups excluding carboxylic acids is 1. The first-order chi connectivity index (χ1) is 8.16. The largest absolute Gasteiger partial charge is 0.508 e. The van der Waals surface area contributed by atoms with E-state index in [1.54, 1.807) is 12.1 Å². The molecule has 17 heavy (non-hydrogen) atoms. The van der Waals surface area contributed by atoms with E-state index in [1.165, 1.54) is 24.7 Å². The van der Waals surface area contributed by atoms with E-state index in [9.17, 15) is 9.90 Å². The lowest BCUT2D eigenvalue weighted by Crippen LogP contribution is -2.29. The number of rotatable bonds is 3. The van der Waals surface area contributed by atoms with E-state index >= 15 is 0 Å². The van der Waals surface area contributed by atoms with Crippen molar-refractivity contribution in [3.63, 3.8) is 0 Å². The fourth-order valence-corrected chi connectivity index (χ4v) is 3.07. The number of amides is 1. The molecule has 0 saturated carbocycles. The molecule has 1 saturated heterocycles. The number of thioether (sulfide) groups is 1. The summed E-state index contributed by atoms with van der Waals surface area (Å²) in [6.07, 6.45) is 2.43. The summed E-state index contributed by atoms with van der Waals surface area (Å²) in [6.45, 7) is 2.53. The Kier molecular flexibility index (Phi) is 3.94. The average molecular weight is 251 g/mol. The van der Waals surface area contributed by atoms with Gasteiger partial charge < -0.3 is 10.4 Å². The molecule has 1 fully saturated rings. The SMILES string of the molecule is Cc1ccc(C(=O)NCC2CCCS2)cc1O. The summed E-state index contributed by atoms with van der Waals surface area (Å²) in [5.41, 5.74) is 1.31. The fraction of sp³-hybridized carbons (Fsp3) is 0.462. The highest BCUT2D eigenvalue weighted by atomic mass is 32.2. The molecule has 0 aliphatic carbocycles. The van der Waals surface area contributed by atoms with Crippen LogP contribution in [0.2, 0.25) is 0 Å². The van der Waals surface area contributed by atoms with E-state index in [1.807, 2.05) is 18.7 Å². The quantitative estimate of drug-likeness (QED) is 0.867. The maximum absolute atomic E-state index is 11.8. The molecule has 4 heteroatoms. The summed E-state index contributed by atoms with van der Waals surface area (Å²) in [6, 6.07) is 5.02. The lowest BCUT2D eigenvalue weighted by Gasteiger charge is -2.10. The minimum absolute atomic E-state index is 0.104. The molecule has 1 heterocycles. The van der Waals surface area contributed by atoms with Crippen LogP contribution in [0.15, 0.2) is 18.2 Å². The highest BCUT2D eigenvalue weighted by molar-refractivity contribution is 8.00. The van der Waals surface area contributed by atoms with Gasteiger partial charge in [0.25, 0.3) is 5.91 Å².